The molecule has 2 aromatic heterocycles. The predicted octanol–water partition coefficient (Wildman–Crippen LogP) is 2.97. The molecular formula is C11H9N3S. The maximum Gasteiger partial charge on any atom is 0.136 e. The number of anilines is 1. The lowest BCUT2D eigenvalue weighted by Gasteiger charge is -2.03. The molecule has 0 saturated heterocycles. The normalized spacial score (nSPS) is 10.7. The number of hydrogen-bond donors (Lipinski definition) is 1. The lowest BCUT2D eigenvalue weighted by atomic mass is 10.2. The fraction of sp³-hybridized carbons (Fsp3) is 0. The maximum atomic E-state index is 4.37. The second-order valence-corrected chi connectivity index (χ2v) is 4.00. The summed E-state index contributed by atoms with van der Waals surface area (Å²) >= 11 is 1.48. The standard InChI is InChI=1S/C11H9N3S/c1-2-6-10-9(5-1)11(15-13-10)12-14-7-3-4-8-14/h1-8,12H. The SMILES string of the molecule is c1ccc2c(Nn3cccc3)snc2c1. The summed E-state index contributed by atoms with van der Waals surface area (Å²) in [5, 5.41) is 2.23. The molecule has 0 spiro atoms. The molecule has 4 heteroatoms. The van der Waals surface area contributed by atoms with Crippen LogP contribution in [0.2, 0.25) is 0 Å². The monoisotopic (exact) mass is 215 g/mol. The summed E-state index contributed by atoms with van der Waals surface area (Å²) in [5.74, 6) is 0. The van der Waals surface area contributed by atoms with E-state index in [0.29, 0.717) is 0 Å². The summed E-state index contributed by atoms with van der Waals surface area (Å²) in [6.07, 6.45) is 3.93. The third-order valence-corrected chi connectivity index (χ3v) is 3.00. The summed E-state index contributed by atoms with van der Waals surface area (Å²) in [7, 11) is 0. The summed E-state index contributed by atoms with van der Waals surface area (Å²) in [6, 6.07) is 12.1. The van der Waals surface area contributed by atoms with Crippen LogP contribution >= 0.6 is 11.5 Å². The van der Waals surface area contributed by atoms with Crippen molar-refractivity contribution in [3.63, 3.8) is 0 Å². The smallest absolute Gasteiger partial charge is 0.136 e. The van der Waals surface area contributed by atoms with Crippen molar-refractivity contribution >= 4 is 27.4 Å². The van der Waals surface area contributed by atoms with Crippen molar-refractivity contribution in [1.29, 1.82) is 0 Å². The highest BCUT2D eigenvalue weighted by molar-refractivity contribution is 7.11. The molecule has 2 heterocycles. The predicted molar refractivity (Wildman–Crippen MR) is 63.1 cm³/mol. The molecular weight excluding hydrogens is 206 g/mol. The minimum Gasteiger partial charge on any atom is -0.283 e. The van der Waals surface area contributed by atoms with Crippen molar-refractivity contribution in [2.45, 2.75) is 0 Å². The van der Waals surface area contributed by atoms with Crippen molar-refractivity contribution in [2.24, 2.45) is 0 Å². The van der Waals surface area contributed by atoms with Gasteiger partial charge in [-0.1, -0.05) is 12.1 Å². The Kier molecular flexibility index (Phi) is 1.93. The van der Waals surface area contributed by atoms with Gasteiger partial charge in [-0.3, -0.25) is 10.1 Å². The second kappa shape index (κ2) is 3.40. The van der Waals surface area contributed by atoms with E-state index < -0.39 is 0 Å². The van der Waals surface area contributed by atoms with Crippen LogP contribution in [-0.4, -0.2) is 9.05 Å². The third-order valence-electron chi connectivity index (χ3n) is 2.22. The van der Waals surface area contributed by atoms with E-state index in [4.69, 9.17) is 0 Å². The zero-order valence-corrected chi connectivity index (χ0v) is 8.74. The summed E-state index contributed by atoms with van der Waals surface area (Å²) < 4.78 is 6.28. The van der Waals surface area contributed by atoms with Gasteiger partial charge in [0.1, 0.15) is 5.00 Å². The van der Waals surface area contributed by atoms with E-state index in [1.165, 1.54) is 11.5 Å². The van der Waals surface area contributed by atoms with Crippen molar-refractivity contribution in [3.8, 4) is 0 Å². The van der Waals surface area contributed by atoms with Gasteiger partial charge in [0, 0.05) is 17.8 Å². The summed E-state index contributed by atoms with van der Waals surface area (Å²) in [6.45, 7) is 0. The quantitative estimate of drug-likeness (QED) is 0.712. The van der Waals surface area contributed by atoms with Gasteiger partial charge in [-0.05, 0) is 35.8 Å². The van der Waals surface area contributed by atoms with Crippen LogP contribution in [0.3, 0.4) is 0 Å². The van der Waals surface area contributed by atoms with Gasteiger partial charge >= 0.3 is 0 Å². The van der Waals surface area contributed by atoms with Crippen LogP contribution in [0.15, 0.2) is 48.8 Å². The highest BCUT2D eigenvalue weighted by Crippen LogP contribution is 2.27. The van der Waals surface area contributed by atoms with Crippen LogP contribution in [0.1, 0.15) is 0 Å². The zero-order chi connectivity index (χ0) is 10.1. The van der Waals surface area contributed by atoms with Crippen molar-refractivity contribution in [3.05, 3.63) is 48.8 Å². The van der Waals surface area contributed by atoms with E-state index in [-0.39, 0.29) is 0 Å². The van der Waals surface area contributed by atoms with Crippen LogP contribution in [0.25, 0.3) is 10.9 Å². The Morgan fingerprint density at radius 1 is 1.07 bits per heavy atom. The van der Waals surface area contributed by atoms with Gasteiger partial charge in [-0.15, -0.1) is 0 Å². The molecule has 1 aromatic carbocycles. The van der Waals surface area contributed by atoms with E-state index in [1.54, 1.807) is 0 Å². The first-order valence-corrected chi connectivity index (χ1v) is 5.45. The Bertz CT molecular complexity index is 568. The Morgan fingerprint density at radius 3 is 2.73 bits per heavy atom. The number of fused-ring (bicyclic) bond motifs is 1. The molecule has 74 valence electrons. The minimum absolute atomic E-state index is 1.04. The van der Waals surface area contributed by atoms with Gasteiger partial charge in [0.15, 0.2) is 0 Å². The molecule has 0 aliphatic rings. The summed E-state index contributed by atoms with van der Waals surface area (Å²) in [5.41, 5.74) is 4.32. The average molecular weight is 215 g/mol. The van der Waals surface area contributed by atoms with E-state index in [0.717, 1.165) is 15.9 Å². The van der Waals surface area contributed by atoms with Crippen molar-refractivity contribution in [2.75, 3.05) is 5.43 Å². The fourth-order valence-corrected chi connectivity index (χ4v) is 2.26. The lowest BCUT2D eigenvalue weighted by molar-refractivity contribution is 0.981. The molecule has 0 radical (unpaired) electrons. The van der Waals surface area contributed by atoms with E-state index >= 15 is 0 Å². The molecule has 0 atom stereocenters. The number of benzene rings is 1. The van der Waals surface area contributed by atoms with Gasteiger partial charge in [-0.25, -0.2) is 0 Å². The fourth-order valence-electron chi connectivity index (χ4n) is 1.50. The van der Waals surface area contributed by atoms with Gasteiger partial charge in [0.25, 0.3) is 0 Å². The largest absolute Gasteiger partial charge is 0.283 e. The Hall–Kier alpha value is -1.81. The molecule has 0 aliphatic carbocycles. The molecule has 0 fully saturated rings. The molecule has 0 unspecified atom stereocenters. The molecule has 1 N–H and O–H groups in total. The van der Waals surface area contributed by atoms with Crippen molar-refractivity contribution < 1.29 is 0 Å². The van der Waals surface area contributed by atoms with E-state index in [1.807, 2.05) is 47.4 Å². The highest BCUT2D eigenvalue weighted by Gasteiger charge is 2.03. The molecule has 0 bridgehead atoms. The molecule has 3 aromatic rings. The number of aromatic nitrogens is 2. The van der Waals surface area contributed by atoms with Gasteiger partial charge in [-0.2, -0.15) is 4.37 Å². The molecule has 3 nitrogen and oxygen atoms in total. The third kappa shape index (κ3) is 1.49. The van der Waals surface area contributed by atoms with Crippen LogP contribution in [0, 0.1) is 0 Å². The molecule has 0 saturated carbocycles. The topological polar surface area (TPSA) is 29.9 Å². The maximum absolute atomic E-state index is 4.37. The number of nitrogens with zero attached hydrogens (tertiary/aromatic N) is 2. The van der Waals surface area contributed by atoms with Crippen LogP contribution in [0.4, 0.5) is 5.00 Å². The molecule has 15 heavy (non-hydrogen) atoms. The average Bonchev–Trinajstić information content (AvgIpc) is 2.89. The van der Waals surface area contributed by atoms with Gasteiger partial charge < -0.3 is 0 Å². The molecule has 3 rings (SSSR count). The first kappa shape index (κ1) is 8.49. The lowest BCUT2D eigenvalue weighted by Crippen LogP contribution is -2.03. The number of hydrogen-bond acceptors (Lipinski definition) is 3. The van der Waals surface area contributed by atoms with Crippen LogP contribution in [-0.2, 0) is 0 Å². The molecule has 0 amide bonds. The van der Waals surface area contributed by atoms with Crippen LogP contribution < -0.4 is 5.43 Å². The van der Waals surface area contributed by atoms with Gasteiger partial charge in [0.2, 0.25) is 0 Å². The number of rotatable bonds is 2. The Labute approximate surface area is 91.1 Å². The van der Waals surface area contributed by atoms with Crippen LogP contribution in [0.5, 0.6) is 0 Å². The zero-order valence-electron chi connectivity index (χ0n) is 7.92. The van der Waals surface area contributed by atoms with Gasteiger partial charge in [0.05, 0.1) is 5.52 Å². The van der Waals surface area contributed by atoms with E-state index in [2.05, 4.69) is 15.9 Å². The highest BCUT2D eigenvalue weighted by atomic mass is 32.1. The van der Waals surface area contributed by atoms with Crippen molar-refractivity contribution in [1.82, 2.24) is 9.05 Å². The second-order valence-electron chi connectivity index (χ2n) is 3.23. The first-order chi connectivity index (χ1) is 7.43. The Morgan fingerprint density at radius 2 is 1.87 bits per heavy atom. The molecule has 0 aliphatic heterocycles. The Balaban J connectivity index is 2.05. The number of nitrogens with one attached hydrogen (secondary N) is 1. The first-order valence-electron chi connectivity index (χ1n) is 4.68. The minimum atomic E-state index is 1.04. The van der Waals surface area contributed by atoms with E-state index in [9.17, 15) is 0 Å². The summed E-state index contributed by atoms with van der Waals surface area (Å²) in [4.78, 5) is 0.